The van der Waals surface area contributed by atoms with Crippen molar-refractivity contribution in [1.82, 2.24) is 10.2 Å². The van der Waals surface area contributed by atoms with Gasteiger partial charge in [-0.3, -0.25) is 4.79 Å². The van der Waals surface area contributed by atoms with Crippen molar-refractivity contribution in [3.05, 3.63) is 33.4 Å². The van der Waals surface area contributed by atoms with E-state index in [0.29, 0.717) is 12.6 Å². The van der Waals surface area contributed by atoms with Crippen molar-refractivity contribution in [2.24, 2.45) is 0 Å². The predicted octanol–water partition coefficient (Wildman–Crippen LogP) is 2.75. The molecule has 0 saturated carbocycles. The number of halogens is 1. The minimum Gasteiger partial charge on any atom is -0.351 e. The van der Waals surface area contributed by atoms with E-state index in [4.69, 9.17) is 0 Å². The van der Waals surface area contributed by atoms with Crippen molar-refractivity contribution in [2.45, 2.75) is 26.3 Å². The standard InChI is InChI=1S/C14H21IN2O/c1-4-11(2)17(3)9-8-16-14(18)12-6-5-7-13(15)10-12/h5-7,10-11H,4,8-9H2,1-3H3,(H,16,18). The number of likely N-dealkylation sites (N-methyl/N-ethyl adjacent to an activating group) is 1. The van der Waals surface area contributed by atoms with Gasteiger partial charge in [-0.2, -0.15) is 0 Å². The molecule has 0 heterocycles. The molecule has 1 aromatic rings. The average molecular weight is 360 g/mol. The van der Waals surface area contributed by atoms with Gasteiger partial charge in [-0.1, -0.05) is 13.0 Å². The van der Waals surface area contributed by atoms with Gasteiger partial charge in [-0.25, -0.2) is 0 Å². The lowest BCUT2D eigenvalue weighted by Gasteiger charge is -2.23. The number of nitrogens with one attached hydrogen (secondary N) is 1. The van der Waals surface area contributed by atoms with Gasteiger partial charge in [0.15, 0.2) is 0 Å². The van der Waals surface area contributed by atoms with E-state index in [1.54, 1.807) is 0 Å². The molecule has 1 atom stereocenters. The summed E-state index contributed by atoms with van der Waals surface area (Å²) in [5.74, 6) is 0.00562. The quantitative estimate of drug-likeness (QED) is 0.792. The van der Waals surface area contributed by atoms with Gasteiger partial charge < -0.3 is 10.2 Å². The Balaban J connectivity index is 2.38. The summed E-state index contributed by atoms with van der Waals surface area (Å²) in [5.41, 5.74) is 0.730. The summed E-state index contributed by atoms with van der Waals surface area (Å²) in [6.45, 7) is 5.93. The molecule has 18 heavy (non-hydrogen) atoms. The number of amides is 1. The van der Waals surface area contributed by atoms with Crippen LogP contribution in [0.1, 0.15) is 30.6 Å². The Morgan fingerprint density at radius 3 is 2.83 bits per heavy atom. The number of rotatable bonds is 6. The van der Waals surface area contributed by atoms with Crippen LogP contribution in [0.5, 0.6) is 0 Å². The van der Waals surface area contributed by atoms with Crippen molar-refractivity contribution in [3.63, 3.8) is 0 Å². The van der Waals surface area contributed by atoms with Crippen molar-refractivity contribution >= 4 is 28.5 Å². The number of carbonyl (C=O) groups excluding carboxylic acids is 1. The SMILES string of the molecule is CCC(C)N(C)CCNC(=O)c1cccc(I)c1. The molecule has 1 rings (SSSR count). The lowest BCUT2D eigenvalue weighted by molar-refractivity contribution is 0.0947. The Hall–Kier alpha value is -0.620. The number of nitrogens with zero attached hydrogens (tertiary/aromatic N) is 1. The summed E-state index contributed by atoms with van der Waals surface area (Å²) in [7, 11) is 2.09. The second-order valence-corrected chi connectivity index (χ2v) is 5.75. The average Bonchev–Trinajstić information content (AvgIpc) is 2.37. The summed E-state index contributed by atoms with van der Waals surface area (Å²) < 4.78 is 1.08. The van der Waals surface area contributed by atoms with Crippen LogP contribution >= 0.6 is 22.6 Å². The molecule has 100 valence electrons. The predicted molar refractivity (Wildman–Crippen MR) is 83.9 cm³/mol. The van der Waals surface area contributed by atoms with E-state index in [-0.39, 0.29) is 5.91 Å². The van der Waals surface area contributed by atoms with Crippen LogP contribution in [-0.4, -0.2) is 37.0 Å². The summed E-state index contributed by atoms with van der Waals surface area (Å²) in [5, 5.41) is 2.95. The van der Waals surface area contributed by atoms with Gasteiger partial charge in [0.2, 0.25) is 0 Å². The largest absolute Gasteiger partial charge is 0.351 e. The van der Waals surface area contributed by atoms with Crippen LogP contribution in [0, 0.1) is 3.57 Å². The minimum atomic E-state index is 0.00562. The number of benzene rings is 1. The monoisotopic (exact) mass is 360 g/mol. The maximum atomic E-state index is 11.9. The highest BCUT2D eigenvalue weighted by Crippen LogP contribution is 2.07. The molecule has 0 aliphatic heterocycles. The van der Waals surface area contributed by atoms with Gasteiger partial charge in [0.05, 0.1) is 0 Å². The zero-order valence-corrected chi connectivity index (χ0v) is 13.4. The normalized spacial score (nSPS) is 12.5. The molecule has 0 bridgehead atoms. The fourth-order valence-electron chi connectivity index (χ4n) is 1.61. The molecule has 1 N–H and O–H groups in total. The van der Waals surface area contributed by atoms with E-state index in [0.717, 1.165) is 22.1 Å². The third kappa shape index (κ3) is 4.94. The molecule has 4 heteroatoms. The van der Waals surface area contributed by atoms with E-state index in [1.807, 2.05) is 24.3 Å². The molecule has 0 radical (unpaired) electrons. The molecule has 0 aliphatic rings. The van der Waals surface area contributed by atoms with Gasteiger partial charge in [-0.05, 0) is 61.2 Å². The van der Waals surface area contributed by atoms with E-state index in [2.05, 4.69) is 53.7 Å². The lowest BCUT2D eigenvalue weighted by atomic mass is 10.2. The second-order valence-electron chi connectivity index (χ2n) is 4.50. The van der Waals surface area contributed by atoms with Crippen molar-refractivity contribution in [3.8, 4) is 0 Å². The number of hydrogen-bond acceptors (Lipinski definition) is 2. The molecule has 1 amide bonds. The summed E-state index contributed by atoms with van der Waals surface area (Å²) in [4.78, 5) is 14.1. The Kier molecular flexibility index (Phi) is 6.63. The van der Waals surface area contributed by atoms with Gasteiger partial charge in [-0.15, -0.1) is 0 Å². The van der Waals surface area contributed by atoms with Crippen LogP contribution in [0.25, 0.3) is 0 Å². The molecule has 0 spiro atoms. The fourth-order valence-corrected chi connectivity index (χ4v) is 2.15. The van der Waals surface area contributed by atoms with Crippen LogP contribution in [0.2, 0.25) is 0 Å². The fraction of sp³-hybridized carbons (Fsp3) is 0.500. The summed E-state index contributed by atoms with van der Waals surface area (Å²) >= 11 is 2.21. The van der Waals surface area contributed by atoms with Crippen LogP contribution in [0.4, 0.5) is 0 Å². The molecule has 1 unspecified atom stereocenters. The first kappa shape index (κ1) is 15.4. The first-order valence-corrected chi connectivity index (χ1v) is 7.36. The molecule has 1 aromatic carbocycles. The first-order valence-electron chi connectivity index (χ1n) is 6.28. The zero-order chi connectivity index (χ0) is 13.5. The topological polar surface area (TPSA) is 32.3 Å². The second kappa shape index (κ2) is 7.74. The molecule has 0 aliphatic carbocycles. The van der Waals surface area contributed by atoms with E-state index >= 15 is 0 Å². The lowest BCUT2D eigenvalue weighted by Crippen LogP contribution is -2.37. The smallest absolute Gasteiger partial charge is 0.251 e. The van der Waals surface area contributed by atoms with Gasteiger partial charge in [0, 0.05) is 28.3 Å². The maximum Gasteiger partial charge on any atom is 0.251 e. The van der Waals surface area contributed by atoms with E-state index < -0.39 is 0 Å². The minimum absolute atomic E-state index is 0.00562. The molecule has 0 aromatic heterocycles. The van der Waals surface area contributed by atoms with Gasteiger partial charge >= 0.3 is 0 Å². The van der Waals surface area contributed by atoms with Crippen LogP contribution in [0.3, 0.4) is 0 Å². The number of hydrogen-bond donors (Lipinski definition) is 1. The first-order chi connectivity index (χ1) is 8.54. The van der Waals surface area contributed by atoms with Crippen molar-refractivity contribution < 1.29 is 4.79 Å². The summed E-state index contributed by atoms with van der Waals surface area (Å²) in [6, 6.07) is 8.18. The Bertz CT molecular complexity index is 395. The molecule has 0 saturated heterocycles. The number of carbonyl (C=O) groups is 1. The molecule has 0 fully saturated rings. The van der Waals surface area contributed by atoms with Gasteiger partial charge in [0.25, 0.3) is 5.91 Å². The maximum absolute atomic E-state index is 11.9. The third-order valence-corrected chi connectivity index (χ3v) is 3.85. The van der Waals surface area contributed by atoms with Crippen LogP contribution < -0.4 is 5.32 Å². The summed E-state index contributed by atoms with van der Waals surface area (Å²) in [6.07, 6.45) is 1.13. The highest BCUT2D eigenvalue weighted by atomic mass is 127. The van der Waals surface area contributed by atoms with Crippen LogP contribution in [-0.2, 0) is 0 Å². The van der Waals surface area contributed by atoms with E-state index in [1.165, 1.54) is 0 Å². The van der Waals surface area contributed by atoms with Crippen LogP contribution in [0.15, 0.2) is 24.3 Å². The zero-order valence-electron chi connectivity index (χ0n) is 11.2. The third-order valence-electron chi connectivity index (χ3n) is 3.18. The molecule has 3 nitrogen and oxygen atoms in total. The highest BCUT2D eigenvalue weighted by molar-refractivity contribution is 14.1. The molecular formula is C14H21IN2O. The van der Waals surface area contributed by atoms with E-state index in [9.17, 15) is 4.79 Å². The Morgan fingerprint density at radius 2 is 2.22 bits per heavy atom. The molecular weight excluding hydrogens is 339 g/mol. The highest BCUT2D eigenvalue weighted by Gasteiger charge is 2.08. The Morgan fingerprint density at radius 1 is 1.50 bits per heavy atom. The van der Waals surface area contributed by atoms with Gasteiger partial charge in [0.1, 0.15) is 0 Å². The van der Waals surface area contributed by atoms with Crippen molar-refractivity contribution in [1.29, 1.82) is 0 Å². The Labute approximate surface area is 123 Å². The van der Waals surface area contributed by atoms with Crippen molar-refractivity contribution in [2.75, 3.05) is 20.1 Å².